The maximum Gasteiger partial charge on any atom is 0.269 e. The number of nitro benzene ring substituents is 1. The van der Waals surface area contributed by atoms with Crippen molar-refractivity contribution >= 4 is 40.7 Å². The predicted molar refractivity (Wildman–Crippen MR) is 117 cm³/mol. The number of nitrogens with zero attached hydrogens (tertiary/aromatic N) is 1. The molecule has 1 fully saturated rings. The minimum absolute atomic E-state index is 0.0102. The first-order valence-corrected chi connectivity index (χ1v) is 9.79. The summed E-state index contributed by atoms with van der Waals surface area (Å²) in [4.78, 5) is 22.2. The van der Waals surface area contributed by atoms with Crippen LogP contribution >= 0.6 is 12.2 Å². The van der Waals surface area contributed by atoms with E-state index >= 15 is 0 Å². The maximum atomic E-state index is 12.0. The van der Waals surface area contributed by atoms with Gasteiger partial charge < -0.3 is 14.8 Å². The zero-order chi connectivity index (χ0) is 21.3. The average Bonchev–Trinajstić information content (AvgIpc) is 3.25. The van der Waals surface area contributed by atoms with Gasteiger partial charge in [-0.05, 0) is 61.0 Å². The van der Waals surface area contributed by atoms with Crippen LogP contribution in [0.25, 0.3) is 6.08 Å². The molecular weight excluding hydrogens is 406 g/mol. The van der Waals surface area contributed by atoms with Crippen LogP contribution in [0.3, 0.4) is 0 Å². The molecule has 1 aliphatic rings. The van der Waals surface area contributed by atoms with Crippen LogP contribution in [0.1, 0.15) is 18.4 Å². The van der Waals surface area contributed by atoms with E-state index in [0.29, 0.717) is 23.6 Å². The van der Waals surface area contributed by atoms with Crippen LogP contribution in [0.5, 0.6) is 5.75 Å². The highest BCUT2D eigenvalue weighted by Gasteiger charge is 2.16. The molecule has 1 aliphatic heterocycles. The third-order valence-electron chi connectivity index (χ3n) is 4.32. The third kappa shape index (κ3) is 6.64. The quantitative estimate of drug-likeness (QED) is 0.301. The highest BCUT2D eigenvalue weighted by atomic mass is 32.1. The summed E-state index contributed by atoms with van der Waals surface area (Å²) in [5, 5.41) is 16.3. The molecule has 0 aromatic heterocycles. The summed E-state index contributed by atoms with van der Waals surface area (Å²) in [5.74, 6) is 0.263. The lowest BCUT2D eigenvalue weighted by Gasteiger charge is -2.13. The molecule has 1 heterocycles. The number of amides is 1. The van der Waals surface area contributed by atoms with Crippen LogP contribution in [0, 0.1) is 10.1 Å². The van der Waals surface area contributed by atoms with Crippen molar-refractivity contribution in [3.8, 4) is 5.75 Å². The van der Waals surface area contributed by atoms with Crippen molar-refractivity contribution in [2.45, 2.75) is 18.9 Å². The Kier molecular flexibility index (Phi) is 7.47. The predicted octanol–water partition coefficient (Wildman–Crippen LogP) is 3.68. The molecule has 1 unspecified atom stereocenters. The molecule has 0 radical (unpaired) electrons. The van der Waals surface area contributed by atoms with E-state index in [1.54, 1.807) is 24.3 Å². The molecule has 9 heteroatoms. The second-order valence-corrected chi connectivity index (χ2v) is 7.01. The number of carbonyl (C=O) groups is 1. The van der Waals surface area contributed by atoms with Crippen LogP contribution in [0.4, 0.5) is 11.4 Å². The first-order chi connectivity index (χ1) is 14.5. The lowest BCUT2D eigenvalue weighted by molar-refractivity contribution is -0.384. The second kappa shape index (κ2) is 10.5. The average molecular weight is 427 g/mol. The van der Waals surface area contributed by atoms with E-state index < -0.39 is 10.8 Å². The second-order valence-electron chi connectivity index (χ2n) is 6.60. The third-order valence-corrected chi connectivity index (χ3v) is 4.52. The number of rotatable bonds is 7. The highest BCUT2D eigenvalue weighted by molar-refractivity contribution is 7.80. The van der Waals surface area contributed by atoms with Crippen molar-refractivity contribution in [2.24, 2.45) is 0 Å². The van der Waals surface area contributed by atoms with Crippen LogP contribution in [0.15, 0.2) is 54.6 Å². The molecule has 0 saturated carbocycles. The molecule has 0 bridgehead atoms. The molecule has 2 aromatic rings. The number of hydrogen-bond donors (Lipinski definition) is 2. The van der Waals surface area contributed by atoms with E-state index in [1.165, 1.54) is 18.2 Å². The number of nitrogens with one attached hydrogen (secondary N) is 2. The molecule has 0 aliphatic carbocycles. The first kappa shape index (κ1) is 21.4. The SMILES string of the molecule is O=C(/C=C/c1ccc([N+](=O)[O-])cc1)NC(=S)Nc1cccc(OCC2CCCO2)c1. The van der Waals surface area contributed by atoms with Crippen LogP contribution < -0.4 is 15.4 Å². The molecule has 1 atom stereocenters. The van der Waals surface area contributed by atoms with E-state index in [2.05, 4.69) is 10.6 Å². The zero-order valence-corrected chi connectivity index (χ0v) is 16.9. The highest BCUT2D eigenvalue weighted by Crippen LogP contribution is 2.19. The smallest absolute Gasteiger partial charge is 0.269 e. The minimum atomic E-state index is -0.479. The molecule has 2 aromatic carbocycles. The first-order valence-electron chi connectivity index (χ1n) is 9.38. The summed E-state index contributed by atoms with van der Waals surface area (Å²) >= 11 is 5.17. The van der Waals surface area contributed by atoms with E-state index in [9.17, 15) is 14.9 Å². The standard InChI is InChI=1S/C21H21N3O5S/c25-20(11-8-15-6-9-17(10-7-15)24(26)27)23-21(30)22-16-3-1-4-18(13-16)29-14-19-5-2-12-28-19/h1,3-4,6-11,13,19H,2,5,12,14H2,(H2,22,23,25,30)/b11-8+. The van der Waals surface area contributed by atoms with E-state index in [4.69, 9.17) is 21.7 Å². The summed E-state index contributed by atoms with van der Waals surface area (Å²) in [5.41, 5.74) is 1.33. The van der Waals surface area contributed by atoms with Crippen molar-refractivity contribution in [3.63, 3.8) is 0 Å². The van der Waals surface area contributed by atoms with E-state index in [-0.39, 0.29) is 16.9 Å². The van der Waals surface area contributed by atoms with Crippen molar-refractivity contribution in [3.05, 3.63) is 70.3 Å². The van der Waals surface area contributed by atoms with Gasteiger partial charge in [0.05, 0.1) is 11.0 Å². The van der Waals surface area contributed by atoms with Gasteiger partial charge in [-0.15, -0.1) is 0 Å². The molecule has 1 saturated heterocycles. The van der Waals surface area contributed by atoms with Gasteiger partial charge >= 0.3 is 0 Å². The monoisotopic (exact) mass is 427 g/mol. The van der Waals surface area contributed by atoms with Crippen LogP contribution in [0.2, 0.25) is 0 Å². The van der Waals surface area contributed by atoms with Gasteiger partial charge in [-0.25, -0.2) is 0 Å². The van der Waals surface area contributed by atoms with Gasteiger partial charge in [-0.1, -0.05) is 6.07 Å². The summed E-state index contributed by atoms with van der Waals surface area (Å²) in [6.07, 6.45) is 5.03. The topological polar surface area (TPSA) is 103 Å². The maximum absolute atomic E-state index is 12.0. The lowest BCUT2D eigenvalue weighted by Crippen LogP contribution is -2.32. The Morgan fingerprint density at radius 3 is 2.80 bits per heavy atom. The molecule has 1 amide bonds. The minimum Gasteiger partial charge on any atom is -0.491 e. The fraction of sp³-hybridized carbons (Fsp3) is 0.238. The van der Waals surface area contributed by atoms with Crippen molar-refractivity contribution < 1.29 is 19.2 Å². The van der Waals surface area contributed by atoms with Crippen molar-refractivity contribution in [2.75, 3.05) is 18.5 Å². The number of nitro groups is 1. The van der Waals surface area contributed by atoms with E-state index in [1.807, 2.05) is 18.2 Å². The number of carbonyl (C=O) groups excluding carboxylic acids is 1. The Labute approximate surface area is 179 Å². The Morgan fingerprint density at radius 2 is 2.10 bits per heavy atom. The van der Waals surface area contributed by atoms with Gasteiger partial charge in [-0.3, -0.25) is 20.2 Å². The molecule has 8 nitrogen and oxygen atoms in total. The summed E-state index contributed by atoms with van der Waals surface area (Å²) < 4.78 is 11.3. The molecule has 3 rings (SSSR count). The lowest BCUT2D eigenvalue weighted by atomic mass is 10.2. The summed E-state index contributed by atoms with van der Waals surface area (Å²) in [6.45, 7) is 1.28. The van der Waals surface area contributed by atoms with Gasteiger partial charge in [-0.2, -0.15) is 0 Å². The van der Waals surface area contributed by atoms with Gasteiger partial charge in [0.1, 0.15) is 12.4 Å². The van der Waals surface area contributed by atoms with Crippen LogP contribution in [-0.2, 0) is 9.53 Å². The Morgan fingerprint density at radius 1 is 1.30 bits per heavy atom. The molecular formula is C21H21N3O5S. The zero-order valence-electron chi connectivity index (χ0n) is 16.1. The molecule has 30 heavy (non-hydrogen) atoms. The largest absolute Gasteiger partial charge is 0.491 e. The van der Waals surface area contributed by atoms with Gasteiger partial charge in [0.25, 0.3) is 5.69 Å². The van der Waals surface area contributed by atoms with Crippen molar-refractivity contribution in [1.29, 1.82) is 0 Å². The fourth-order valence-corrected chi connectivity index (χ4v) is 3.04. The van der Waals surface area contributed by atoms with Crippen LogP contribution in [-0.4, -0.2) is 35.3 Å². The van der Waals surface area contributed by atoms with Gasteiger partial charge in [0.15, 0.2) is 5.11 Å². The normalized spacial score (nSPS) is 15.7. The number of hydrogen-bond acceptors (Lipinski definition) is 6. The number of thiocarbonyl (C=S) groups is 1. The Hall–Kier alpha value is -3.30. The fourth-order valence-electron chi connectivity index (χ4n) is 2.82. The number of anilines is 1. The summed E-state index contributed by atoms with van der Waals surface area (Å²) in [7, 11) is 0. The van der Waals surface area contributed by atoms with E-state index in [0.717, 1.165) is 19.4 Å². The Bertz CT molecular complexity index is 940. The number of non-ortho nitro benzene ring substituents is 1. The van der Waals surface area contributed by atoms with Gasteiger partial charge in [0.2, 0.25) is 5.91 Å². The number of benzene rings is 2. The summed E-state index contributed by atoms with van der Waals surface area (Å²) in [6, 6.07) is 13.1. The Balaban J connectivity index is 1.47. The van der Waals surface area contributed by atoms with Gasteiger partial charge in [0, 0.05) is 36.6 Å². The molecule has 0 spiro atoms. The molecule has 2 N–H and O–H groups in total. The number of ether oxygens (including phenoxy) is 2. The van der Waals surface area contributed by atoms with Crippen molar-refractivity contribution in [1.82, 2.24) is 5.32 Å². The molecule has 156 valence electrons.